The molecule has 2 rings (SSSR count). The van der Waals surface area contributed by atoms with Crippen LogP contribution in [-0.2, 0) is 4.79 Å². The molecular formula is C18H21NO2S. The van der Waals surface area contributed by atoms with Crippen molar-refractivity contribution in [2.24, 2.45) is 0 Å². The Labute approximate surface area is 136 Å². The largest absolute Gasteiger partial charge is 0.483 e. The predicted molar refractivity (Wildman–Crippen MR) is 93.0 cm³/mol. The fourth-order valence-electron chi connectivity index (χ4n) is 2.47. The molecule has 1 amide bonds. The molecule has 2 aromatic carbocycles. The van der Waals surface area contributed by atoms with Crippen LogP contribution in [0.5, 0.6) is 5.75 Å². The first kappa shape index (κ1) is 16.4. The lowest BCUT2D eigenvalue weighted by Crippen LogP contribution is -2.21. The molecule has 0 aliphatic carbocycles. The molecule has 4 heteroatoms. The second kappa shape index (κ2) is 7.36. The topological polar surface area (TPSA) is 38.3 Å². The van der Waals surface area contributed by atoms with Crippen molar-refractivity contribution in [2.75, 3.05) is 18.2 Å². The van der Waals surface area contributed by atoms with Crippen LogP contribution in [0.1, 0.15) is 16.7 Å². The number of hydrogen-bond acceptors (Lipinski definition) is 3. The van der Waals surface area contributed by atoms with E-state index in [9.17, 15) is 4.79 Å². The summed E-state index contributed by atoms with van der Waals surface area (Å²) in [4.78, 5) is 13.1. The predicted octanol–water partition coefficient (Wildman–Crippen LogP) is 4.35. The number of anilines is 1. The Bertz CT molecular complexity index is 660. The van der Waals surface area contributed by atoms with Gasteiger partial charge >= 0.3 is 0 Å². The molecule has 0 aliphatic heterocycles. The maximum Gasteiger partial charge on any atom is 0.262 e. The van der Waals surface area contributed by atoms with E-state index >= 15 is 0 Å². The molecule has 0 saturated carbocycles. The van der Waals surface area contributed by atoms with Gasteiger partial charge in [-0.3, -0.25) is 4.79 Å². The number of carbonyl (C=O) groups excluding carboxylic acids is 1. The zero-order valence-electron chi connectivity index (χ0n) is 13.4. The van der Waals surface area contributed by atoms with Gasteiger partial charge in [-0.2, -0.15) is 0 Å². The average molecular weight is 315 g/mol. The highest BCUT2D eigenvalue weighted by atomic mass is 32.2. The summed E-state index contributed by atoms with van der Waals surface area (Å²) in [5, 5.41) is 2.90. The molecule has 0 heterocycles. The van der Waals surface area contributed by atoms with Gasteiger partial charge in [-0.25, -0.2) is 0 Å². The number of para-hydroxylation sites is 1. The van der Waals surface area contributed by atoms with E-state index in [0.717, 1.165) is 27.5 Å². The lowest BCUT2D eigenvalue weighted by Gasteiger charge is -2.14. The van der Waals surface area contributed by atoms with Gasteiger partial charge in [-0.1, -0.05) is 29.8 Å². The van der Waals surface area contributed by atoms with Gasteiger partial charge in [0.25, 0.3) is 5.91 Å². The molecule has 2 aromatic rings. The van der Waals surface area contributed by atoms with E-state index in [0.29, 0.717) is 0 Å². The molecule has 0 fully saturated rings. The summed E-state index contributed by atoms with van der Waals surface area (Å²) < 4.78 is 5.71. The zero-order valence-corrected chi connectivity index (χ0v) is 14.2. The number of thioether (sulfide) groups is 1. The third-order valence-corrected chi connectivity index (χ3v) is 4.13. The molecular weight excluding hydrogens is 294 g/mol. The molecule has 0 bridgehead atoms. The minimum Gasteiger partial charge on any atom is -0.483 e. The van der Waals surface area contributed by atoms with E-state index < -0.39 is 0 Å². The van der Waals surface area contributed by atoms with E-state index in [1.165, 1.54) is 5.56 Å². The van der Waals surface area contributed by atoms with Crippen LogP contribution >= 0.6 is 11.8 Å². The Balaban J connectivity index is 2.02. The molecule has 1 N–H and O–H groups in total. The SMILES string of the molecule is CSc1ccccc1NC(=O)COc1c(C)cc(C)cc1C. The molecule has 22 heavy (non-hydrogen) atoms. The van der Waals surface area contributed by atoms with Gasteiger partial charge in [-0.05, 0) is 50.3 Å². The first-order valence-electron chi connectivity index (χ1n) is 7.14. The minimum absolute atomic E-state index is 0.00740. The van der Waals surface area contributed by atoms with Crippen molar-refractivity contribution in [1.29, 1.82) is 0 Å². The Morgan fingerprint density at radius 1 is 1.14 bits per heavy atom. The molecule has 0 aromatic heterocycles. The van der Waals surface area contributed by atoms with Crippen LogP contribution in [0.25, 0.3) is 0 Å². The summed E-state index contributed by atoms with van der Waals surface area (Å²) >= 11 is 1.60. The summed E-state index contributed by atoms with van der Waals surface area (Å²) in [6.07, 6.45) is 1.99. The summed E-state index contributed by atoms with van der Waals surface area (Å²) in [6.45, 7) is 6.05. The van der Waals surface area contributed by atoms with E-state index in [2.05, 4.69) is 24.4 Å². The van der Waals surface area contributed by atoms with Crippen LogP contribution in [0.2, 0.25) is 0 Å². The Morgan fingerprint density at radius 3 is 2.41 bits per heavy atom. The summed E-state index contributed by atoms with van der Waals surface area (Å²) in [6, 6.07) is 11.9. The van der Waals surface area contributed by atoms with Crippen molar-refractivity contribution in [3.63, 3.8) is 0 Å². The van der Waals surface area contributed by atoms with E-state index in [4.69, 9.17) is 4.74 Å². The van der Waals surface area contributed by atoms with Crippen molar-refractivity contribution in [3.8, 4) is 5.75 Å². The molecule has 0 aliphatic rings. The highest BCUT2D eigenvalue weighted by Gasteiger charge is 2.10. The molecule has 3 nitrogen and oxygen atoms in total. The van der Waals surface area contributed by atoms with Crippen molar-refractivity contribution >= 4 is 23.4 Å². The second-order valence-corrected chi connectivity index (χ2v) is 6.11. The van der Waals surface area contributed by atoms with Crippen LogP contribution in [-0.4, -0.2) is 18.8 Å². The maximum atomic E-state index is 12.1. The molecule has 0 atom stereocenters. The first-order valence-corrected chi connectivity index (χ1v) is 8.37. The third kappa shape index (κ3) is 4.04. The van der Waals surface area contributed by atoms with Gasteiger partial charge in [0.2, 0.25) is 0 Å². The number of amides is 1. The summed E-state index contributed by atoms with van der Waals surface area (Å²) in [5.41, 5.74) is 4.12. The van der Waals surface area contributed by atoms with E-state index in [-0.39, 0.29) is 12.5 Å². The molecule has 116 valence electrons. The number of nitrogens with one attached hydrogen (secondary N) is 1. The number of aryl methyl sites for hydroxylation is 3. The standard InChI is InChI=1S/C18H21NO2S/c1-12-9-13(2)18(14(3)10-12)21-11-17(20)19-15-7-5-6-8-16(15)22-4/h5-10H,11H2,1-4H3,(H,19,20). The van der Waals surface area contributed by atoms with Crippen LogP contribution in [0, 0.1) is 20.8 Å². The Kier molecular flexibility index (Phi) is 5.50. The van der Waals surface area contributed by atoms with E-state index in [1.54, 1.807) is 11.8 Å². The number of ether oxygens (including phenoxy) is 1. The fourth-order valence-corrected chi connectivity index (χ4v) is 3.02. The van der Waals surface area contributed by atoms with Crippen molar-refractivity contribution < 1.29 is 9.53 Å². The summed E-state index contributed by atoms with van der Waals surface area (Å²) in [7, 11) is 0. The fraction of sp³-hybridized carbons (Fsp3) is 0.278. The van der Waals surface area contributed by atoms with Crippen LogP contribution in [0.4, 0.5) is 5.69 Å². The monoisotopic (exact) mass is 315 g/mol. The molecule has 0 radical (unpaired) electrons. The lowest BCUT2D eigenvalue weighted by molar-refractivity contribution is -0.118. The van der Waals surface area contributed by atoms with Crippen LogP contribution in [0.15, 0.2) is 41.3 Å². The number of carbonyl (C=O) groups is 1. The van der Waals surface area contributed by atoms with E-state index in [1.807, 2.05) is 44.4 Å². The maximum absolute atomic E-state index is 12.1. The third-order valence-electron chi connectivity index (χ3n) is 3.33. The highest BCUT2D eigenvalue weighted by molar-refractivity contribution is 7.98. The molecule has 0 spiro atoms. The van der Waals surface area contributed by atoms with Gasteiger partial charge in [-0.15, -0.1) is 11.8 Å². The van der Waals surface area contributed by atoms with Crippen LogP contribution in [0.3, 0.4) is 0 Å². The van der Waals surface area contributed by atoms with Crippen molar-refractivity contribution in [1.82, 2.24) is 0 Å². The zero-order chi connectivity index (χ0) is 16.1. The number of rotatable bonds is 5. The van der Waals surface area contributed by atoms with Gasteiger partial charge in [0, 0.05) is 4.90 Å². The molecule has 0 unspecified atom stereocenters. The Morgan fingerprint density at radius 2 is 1.77 bits per heavy atom. The number of benzene rings is 2. The number of hydrogen-bond donors (Lipinski definition) is 1. The first-order chi connectivity index (χ1) is 10.5. The van der Waals surface area contributed by atoms with Crippen molar-refractivity contribution in [3.05, 3.63) is 53.1 Å². The quantitative estimate of drug-likeness (QED) is 0.834. The van der Waals surface area contributed by atoms with Crippen LogP contribution < -0.4 is 10.1 Å². The van der Waals surface area contributed by atoms with Gasteiger partial charge in [0.05, 0.1) is 5.69 Å². The van der Waals surface area contributed by atoms with Gasteiger partial charge in [0.15, 0.2) is 6.61 Å². The molecule has 0 saturated heterocycles. The minimum atomic E-state index is -0.152. The average Bonchev–Trinajstić information content (AvgIpc) is 2.46. The van der Waals surface area contributed by atoms with Crippen molar-refractivity contribution in [2.45, 2.75) is 25.7 Å². The van der Waals surface area contributed by atoms with Gasteiger partial charge < -0.3 is 10.1 Å². The normalized spacial score (nSPS) is 10.4. The summed E-state index contributed by atoms with van der Waals surface area (Å²) in [5.74, 6) is 0.639. The highest BCUT2D eigenvalue weighted by Crippen LogP contribution is 2.26. The van der Waals surface area contributed by atoms with Gasteiger partial charge in [0.1, 0.15) is 5.75 Å². The Hall–Kier alpha value is -1.94. The second-order valence-electron chi connectivity index (χ2n) is 5.26. The smallest absolute Gasteiger partial charge is 0.262 e. The lowest BCUT2D eigenvalue weighted by atomic mass is 10.1.